The molecule has 1 aromatic carbocycles. The molecule has 25 heavy (non-hydrogen) atoms. The quantitative estimate of drug-likeness (QED) is 0.752. The van der Waals surface area contributed by atoms with Crippen molar-refractivity contribution in [3.8, 4) is 5.75 Å². The number of carbonyl (C=O) groups excluding carboxylic acids is 1. The van der Waals surface area contributed by atoms with E-state index in [0.717, 1.165) is 15.9 Å². The second-order valence-electron chi connectivity index (χ2n) is 5.72. The van der Waals surface area contributed by atoms with Gasteiger partial charge in [0, 0.05) is 40.0 Å². The molecule has 0 spiro atoms. The predicted octanol–water partition coefficient (Wildman–Crippen LogP) is 0.764. The number of amides is 1. The van der Waals surface area contributed by atoms with Gasteiger partial charge in [-0.05, 0) is 23.8 Å². The van der Waals surface area contributed by atoms with Crippen LogP contribution in [-0.4, -0.2) is 34.1 Å². The molecule has 0 aliphatic carbocycles. The molecule has 132 valence electrons. The van der Waals surface area contributed by atoms with Gasteiger partial charge in [0.25, 0.3) is 5.56 Å². The largest absolute Gasteiger partial charge is 0.497 e. The molecule has 0 unspecified atom stereocenters. The number of aromatic nitrogens is 2. The lowest BCUT2D eigenvalue weighted by Crippen LogP contribution is -2.37. The van der Waals surface area contributed by atoms with Gasteiger partial charge in [0.2, 0.25) is 5.91 Å². The van der Waals surface area contributed by atoms with Crippen LogP contribution < -0.4 is 16.0 Å². The maximum Gasteiger partial charge on any atom is 0.330 e. The molecule has 0 N–H and O–H groups in total. The Hall–Kier alpha value is -3.09. The Kier molecular flexibility index (Phi) is 5.59. The molecular weight excluding hydrogens is 322 g/mol. The molecule has 0 bridgehead atoms. The molecule has 0 aliphatic heterocycles. The lowest BCUT2D eigenvalue weighted by atomic mass is 10.2. The van der Waals surface area contributed by atoms with Crippen molar-refractivity contribution in [3.05, 3.63) is 68.5 Å². The highest BCUT2D eigenvalue weighted by Gasteiger charge is 2.08. The van der Waals surface area contributed by atoms with E-state index in [1.54, 1.807) is 21.2 Å². The summed E-state index contributed by atoms with van der Waals surface area (Å²) in [5.41, 5.74) is 0.383. The third-order valence-corrected chi connectivity index (χ3v) is 3.83. The van der Waals surface area contributed by atoms with Gasteiger partial charge in [0.05, 0.1) is 12.7 Å². The van der Waals surface area contributed by atoms with Gasteiger partial charge in [-0.2, -0.15) is 0 Å². The first-order valence-electron chi connectivity index (χ1n) is 7.66. The molecule has 2 rings (SSSR count). The molecule has 1 heterocycles. The van der Waals surface area contributed by atoms with Gasteiger partial charge < -0.3 is 14.2 Å². The smallest absolute Gasteiger partial charge is 0.330 e. The molecule has 7 nitrogen and oxygen atoms in total. The summed E-state index contributed by atoms with van der Waals surface area (Å²) in [6, 6.07) is 7.43. The summed E-state index contributed by atoms with van der Waals surface area (Å²) in [7, 11) is 6.23. The Bertz CT molecular complexity index is 907. The van der Waals surface area contributed by atoms with Crippen LogP contribution in [0.25, 0.3) is 6.08 Å². The van der Waals surface area contributed by atoms with Crippen LogP contribution in [0, 0.1) is 0 Å². The van der Waals surface area contributed by atoms with Gasteiger partial charge in [-0.1, -0.05) is 12.1 Å². The summed E-state index contributed by atoms with van der Waals surface area (Å²) in [6.45, 7) is 0.429. The number of aryl methyl sites for hydroxylation is 1. The topological polar surface area (TPSA) is 73.5 Å². The fourth-order valence-electron chi connectivity index (χ4n) is 2.32. The normalized spacial score (nSPS) is 10.9. The summed E-state index contributed by atoms with van der Waals surface area (Å²) in [5.74, 6) is 0.509. The molecular formula is C18H21N3O4. The molecule has 1 amide bonds. The molecule has 0 fully saturated rings. The number of methoxy groups -OCH3 is 1. The van der Waals surface area contributed by atoms with Crippen LogP contribution in [0.5, 0.6) is 5.75 Å². The SMILES string of the molecule is COc1ccc(CN(C)C(=O)C=Cc2cn(C)c(=O)n(C)c2=O)cc1. The van der Waals surface area contributed by atoms with Crippen molar-refractivity contribution >= 4 is 12.0 Å². The van der Waals surface area contributed by atoms with Crippen LogP contribution in [0.3, 0.4) is 0 Å². The molecule has 0 saturated heterocycles. The Morgan fingerprint density at radius 3 is 2.44 bits per heavy atom. The van der Waals surface area contributed by atoms with Crippen molar-refractivity contribution in [2.45, 2.75) is 6.54 Å². The van der Waals surface area contributed by atoms with Crippen molar-refractivity contribution in [2.24, 2.45) is 14.1 Å². The predicted molar refractivity (Wildman–Crippen MR) is 95.4 cm³/mol. The van der Waals surface area contributed by atoms with Crippen LogP contribution in [0.15, 0.2) is 46.1 Å². The number of benzene rings is 1. The molecule has 1 aromatic heterocycles. The number of carbonyl (C=O) groups is 1. The monoisotopic (exact) mass is 343 g/mol. The standard InChI is InChI=1S/C18H21N3O4/c1-19(11-13-5-8-15(25-4)9-6-13)16(22)10-7-14-12-20(2)18(24)21(3)17(14)23/h5-10,12H,11H2,1-4H3. The summed E-state index contributed by atoms with van der Waals surface area (Å²) in [6.07, 6.45) is 4.16. The van der Waals surface area contributed by atoms with Gasteiger partial charge in [-0.3, -0.25) is 14.2 Å². The number of likely N-dealkylation sites (N-methyl/N-ethyl adjacent to an activating group) is 1. The number of nitrogens with zero attached hydrogens (tertiary/aromatic N) is 3. The van der Waals surface area contributed by atoms with E-state index in [2.05, 4.69) is 0 Å². The minimum atomic E-state index is -0.440. The van der Waals surface area contributed by atoms with E-state index in [-0.39, 0.29) is 11.5 Å². The molecule has 7 heteroatoms. The van der Waals surface area contributed by atoms with Crippen molar-refractivity contribution in [1.82, 2.24) is 14.0 Å². The van der Waals surface area contributed by atoms with Crippen LogP contribution in [0.2, 0.25) is 0 Å². The second-order valence-corrected chi connectivity index (χ2v) is 5.72. The van der Waals surface area contributed by atoms with Crippen LogP contribution >= 0.6 is 0 Å². The zero-order valence-electron chi connectivity index (χ0n) is 14.7. The van der Waals surface area contributed by atoms with Crippen LogP contribution in [0.1, 0.15) is 11.1 Å². The lowest BCUT2D eigenvalue weighted by Gasteiger charge is -2.15. The number of hydrogen-bond acceptors (Lipinski definition) is 4. The summed E-state index contributed by atoms with van der Waals surface area (Å²) in [4.78, 5) is 37.5. The Morgan fingerprint density at radius 1 is 1.20 bits per heavy atom. The minimum absolute atomic E-state index is 0.244. The highest BCUT2D eigenvalue weighted by molar-refractivity contribution is 5.91. The van der Waals surface area contributed by atoms with Gasteiger partial charge in [0.1, 0.15) is 5.75 Å². The van der Waals surface area contributed by atoms with Gasteiger partial charge >= 0.3 is 5.69 Å². The Labute approximate surface area is 145 Å². The Morgan fingerprint density at radius 2 is 1.84 bits per heavy atom. The zero-order valence-corrected chi connectivity index (χ0v) is 14.7. The first kappa shape index (κ1) is 18.3. The molecule has 0 saturated carbocycles. The van der Waals surface area contributed by atoms with Crippen molar-refractivity contribution in [2.75, 3.05) is 14.2 Å². The maximum absolute atomic E-state index is 12.2. The van der Waals surface area contributed by atoms with E-state index in [0.29, 0.717) is 6.54 Å². The molecule has 2 aromatic rings. The molecule has 0 radical (unpaired) electrons. The lowest BCUT2D eigenvalue weighted by molar-refractivity contribution is -0.125. The summed E-state index contributed by atoms with van der Waals surface area (Å²) < 4.78 is 7.40. The van der Waals surface area contributed by atoms with Crippen molar-refractivity contribution < 1.29 is 9.53 Å². The van der Waals surface area contributed by atoms with Gasteiger partial charge in [-0.25, -0.2) is 4.79 Å². The highest BCUT2D eigenvalue weighted by atomic mass is 16.5. The summed E-state index contributed by atoms with van der Waals surface area (Å²) >= 11 is 0. The van der Waals surface area contributed by atoms with E-state index in [1.165, 1.54) is 34.9 Å². The molecule has 0 atom stereocenters. The summed E-state index contributed by atoms with van der Waals surface area (Å²) in [5, 5.41) is 0. The Balaban J connectivity index is 2.11. The fourth-order valence-corrected chi connectivity index (χ4v) is 2.32. The van der Waals surface area contributed by atoms with E-state index in [4.69, 9.17) is 4.74 Å². The highest BCUT2D eigenvalue weighted by Crippen LogP contribution is 2.12. The first-order valence-corrected chi connectivity index (χ1v) is 7.66. The average Bonchev–Trinajstić information content (AvgIpc) is 2.62. The van der Waals surface area contributed by atoms with Crippen LogP contribution in [0.4, 0.5) is 0 Å². The van der Waals surface area contributed by atoms with Crippen molar-refractivity contribution in [3.63, 3.8) is 0 Å². The van der Waals surface area contributed by atoms with Gasteiger partial charge in [0.15, 0.2) is 0 Å². The number of ether oxygens (including phenoxy) is 1. The zero-order chi connectivity index (χ0) is 18.6. The van der Waals surface area contributed by atoms with E-state index in [9.17, 15) is 14.4 Å². The number of hydrogen-bond donors (Lipinski definition) is 0. The van der Waals surface area contributed by atoms with Gasteiger partial charge in [-0.15, -0.1) is 0 Å². The maximum atomic E-state index is 12.2. The molecule has 0 aliphatic rings. The third-order valence-electron chi connectivity index (χ3n) is 3.83. The fraction of sp³-hybridized carbons (Fsp3) is 0.278. The number of rotatable bonds is 5. The minimum Gasteiger partial charge on any atom is -0.497 e. The van der Waals surface area contributed by atoms with E-state index >= 15 is 0 Å². The van der Waals surface area contributed by atoms with E-state index in [1.807, 2.05) is 24.3 Å². The average molecular weight is 343 g/mol. The second kappa shape index (κ2) is 7.65. The first-order chi connectivity index (χ1) is 11.8. The third kappa shape index (κ3) is 4.26. The van der Waals surface area contributed by atoms with Crippen LogP contribution in [-0.2, 0) is 25.4 Å². The van der Waals surface area contributed by atoms with E-state index < -0.39 is 11.2 Å². The van der Waals surface area contributed by atoms with Crippen molar-refractivity contribution in [1.29, 1.82) is 0 Å².